The number of fused-ring (bicyclic) bond motifs is 1. The molecule has 2 aliphatic heterocycles. The van der Waals surface area contributed by atoms with E-state index in [1.807, 2.05) is 0 Å². The summed E-state index contributed by atoms with van der Waals surface area (Å²) in [6.45, 7) is 9.13. The van der Waals surface area contributed by atoms with E-state index in [4.69, 9.17) is 0 Å². The van der Waals surface area contributed by atoms with E-state index < -0.39 is 0 Å². The zero-order chi connectivity index (χ0) is 19.0. The number of allylic oxidation sites excluding steroid dienone is 1. The largest absolute Gasteiger partial charge is 1.00 e. The van der Waals surface area contributed by atoms with Crippen LogP contribution in [0.2, 0.25) is 0 Å². The summed E-state index contributed by atoms with van der Waals surface area (Å²) < 4.78 is 2.32. The average molecular weight is 487 g/mol. The second-order valence-corrected chi connectivity index (χ2v) is 8.30. The Hall–Kier alpha value is -1.66. The summed E-state index contributed by atoms with van der Waals surface area (Å²) in [5.74, 6) is 0. The second-order valence-electron chi connectivity index (χ2n) is 8.30. The van der Waals surface area contributed by atoms with Crippen LogP contribution in [0.1, 0.15) is 25.0 Å². The fourth-order valence-electron chi connectivity index (χ4n) is 4.34. The lowest BCUT2D eigenvalue weighted by Crippen LogP contribution is -3.00. The molecule has 0 N–H and O–H groups in total. The molecule has 4 heteroatoms. The Kier molecular flexibility index (Phi) is 6.30. The highest BCUT2D eigenvalue weighted by atomic mass is 127. The second kappa shape index (κ2) is 8.37. The standard InChI is InChI=1S/C24H30N3.HI/c1-24(2)21-7-5-6-8-22(21)26(4)23(24)14-11-19-9-12-20(13-10-19)27-17-15-25(3)16-18-27;/h5-14H,15-18H2,1-4H3;1H/q+1;/p-1. The monoisotopic (exact) mass is 487 g/mol. The van der Waals surface area contributed by atoms with Gasteiger partial charge in [0.25, 0.3) is 0 Å². The summed E-state index contributed by atoms with van der Waals surface area (Å²) in [6, 6.07) is 17.7. The molecule has 1 fully saturated rings. The van der Waals surface area contributed by atoms with Crippen molar-refractivity contribution in [2.24, 2.45) is 0 Å². The molecule has 0 atom stereocenters. The number of halogens is 1. The molecule has 3 nitrogen and oxygen atoms in total. The van der Waals surface area contributed by atoms with Crippen LogP contribution in [0.5, 0.6) is 0 Å². The molecule has 2 aliphatic rings. The van der Waals surface area contributed by atoms with Crippen LogP contribution in [0.3, 0.4) is 0 Å². The van der Waals surface area contributed by atoms with Gasteiger partial charge in [-0.1, -0.05) is 30.3 Å². The van der Waals surface area contributed by atoms with E-state index in [2.05, 4.69) is 103 Å². The highest BCUT2D eigenvalue weighted by Crippen LogP contribution is 2.39. The van der Waals surface area contributed by atoms with Gasteiger partial charge in [0.15, 0.2) is 5.71 Å². The van der Waals surface area contributed by atoms with Gasteiger partial charge in [0.05, 0.1) is 5.41 Å². The van der Waals surface area contributed by atoms with E-state index in [1.54, 1.807) is 0 Å². The summed E-state index contributed by atoms with van der Waals surface area (Å²) in [6.07, 6.45) is 4.53. The van der Waals surface area contributed by atoms with E-state index in [0.29, 0.717) is 0 Å². The molecule has 0 spiro atoms. The van der Waals surface area contributed by atoms with Gasteiger partial charge < -0.3 is 33.8 Å². The third-order valence-corrected chi connectivity index (χ3v) is 6.14. The first-order valence-corrected chi connectivity index (χ1v) is 9.89. The molecular formula is C24H30IN3. The summed E-state index contributed by atoms with van der Waals surface area (Å²) in [5.41, 5.74) is 6.66. The summed E-state index contributed by atoms with van der Waals surface area (Å²) in [4.78, 5) is 4.87. The van der Waals surface area contributed by atoms with Crippen LogP contribution in [0.25, 0.3) is 6.08 Å². The molecule has 0 bridgehead atoms. The maximum absolute atomic E-state index is 2.48. The van der Waals surface area contributed by atoms with E-state index in [1.165, 1.54) is 28.2 Å². The Morgan fingerprint density at radius 1 is 0.893 bits per heavy atom. The number of hydrogen-bond donors (Lipinski definition) is 0. The number of piperazine rings is 1. The third kappa shape index (κ3) is 3.90. The van der Waals surface area contributed by atoms with Gasteiger partial charge in [-0.2, -0.15) is 4.58 Å². The summed E-state index contributed by atoms with van der Waals surface area (Å²) in [5, 5.41) is 0. The minimum absolute atomic E-state index is 0. The van der Waals surface area contributed by atoms with Gasteiger partial charge in [-0.25, -0.2) is 0 Å². The van der Waals surface area contributed by atoms with Crippen LogP contribution in [0.15, 0.2) is 54.6 Å². The average Bonchev–Trinajstić information content (AvgIpc) is 2.88. The van der Waals surface area contributed by atoms with Crippen molar-refractivity contribution in [1.82, 2.24) is 4.90 Å². The predicted octanol–water partition coefficient (Wildman–Crippen LogP) is 1.16. The number of anilines is 1. The maximum atomic E-state index is 2.48. The molecule has 0 aromatic heterocycles. The van der Waals surface area contributed by atoms with Crippen molar-refractivity contribution in [1.29, 1.82) is 0 Å². The highest BCUT2D eigenvalue weighted by molar-refractivity contribution is 6.05. The molecule has 4 rings (SSSR count). The molecule has 28 heavy (non-hydrogen) atoms. The molecule has 2 aromatic rings. The van der Waals surface area contributed by atoms with Crippen molar-refractivity contribution < 1.29 is 28.6 Å². The Labute approximate surface area is 186 Å². The summed E-state index contributed by atoms with van der Waals surface area (Å²) in [7, 11) is 4.37. The third-order valence-electron chi connectivity index (χ3n) is 6.14. The zero-order valence-corrected chi connectivity index (χ0v) is 19.5. The number of para-hydroxylation sites is 1. The molecule has 0 unspecified atom stereocenters. The smallest absolute Gasteiger partial charge is 0.209 e. The van der Waals surface area contributed by atoms with Gasteiger partial charge in [0, 0.05) is 49.6 Å². The SMILES string of the molecule is CN1CCN(c2ccc(/C=C/C3=[N+](C)c4ccccc4C3(C)C)cc2)CC1.[I-]. The predicted molar refractivity (Wildman–Crippen MR) is 116 cm³/mol. The number of benzene rings is 2. The Balaban J connectivity index is 0.00000225. The minimum Gasteiger partial charge on any atom is -1.00 e. The van der Waals surface area contributed by atoms with Gasteiger partial charge >= 0.3 is 0 Å². The van der Waals surface area contributed by atoms with Crippen LogP contribution in [0, 0.1) is 0 Å². The maximum Gasteiger partial charge on any atom is 0.209 e. The van der Waals surface area contributed by atoms with Gasteiger partial charge in [0.2, 0.25) is 5.69 Å². The number of nitrogens with zero attached hydrogens (tertiary/aromatic N) is 3. The van der Waals surface area contributed by atoms with Crippen molar-refractivity contribution in [3.05, 3.63) is 65.7 Å². The topological polar surface area (TPSA) is 9.49 Å². The molecular weight excluding hydrogens is 457 g/mol. The van der Waals surface area contributed by atoms with Crippen molar-refractivity contribution in [3.8, 4) is 0 Å². The van der Waals surface area contributed by atoms with Gasteiger partial charge in [-0.05, 0) is 44.7 Å². The Morgan fingerprint density at radius 2 is 1.54 bits per heavy atom. The van der Waals surface area contributed by atoms with E-state index in [9.17, 15) is 0 Å². The molecule has 0 amide bonds. The number of likely N-dealkylation sites (N-methyl/N-ethyl adjacent to an activating group) is 1. The first kappa shape index (κ1) is 21.1. The molecule has 0 radical (unpaired) electrons. The fourth-order valence-corrected chi connectivity index (χ4v) is 4.34. The first-order chi connectivity index (χ1) is 13.0. The van der Waals surface area contributed by atoms with E-state index in [0.717, 1.165) is 26.2 Å². The van der Waals surface area contributed by atoms with E-state index in [-0.39, 0.29) is 29.4 Å². The molecule has 1 saturated heterocycles. The minimum atomic E-state index is 0. The quantitative estimate of drug-likeness (QED) is 0.475. The molecule has 2 aromatic carbocycles. The van der Waals surface area contributed by atoms with Crippen molar-refractivity contribution >= 4 is 23.2 Å². The molecule has 148 valence electrons. The van der Waals surface area contributed by atoms with Crippen LogP contribution in [-0.4, -0.2) is 55.5 Å². The fraction of sp³-hybridized carbons (Fsp3) is 0.375. The summed E-state index contributed by atoms with van der Waals surface area (Å²) >= 11 is 0. The van der Waals surface area contributed by atoms with Crippen LogP contribution < -0.4 is 28.9 Å². The van der Waals surface area contributed by atoms with Gasteiger partial charge in [0.1, 0.15) is 7.05 Å². The zero-order valence-electron chi connectivity index (χ0n) is 17.3. The number of hydrogen-bond acceptors (Lipinski definition) is 2. The lowest BCUT2D eigenvalue weighted by Gasteiger charge is -2.34. The van der Waals surface area contributed by atoms with Crippen LogP contribution in [-0.2, 0) is 5.41 Å². The number of rotatable bonds is 3. The molecule has 0 saturated carbocycles. The normalized spacial score (nSPS) is 19.1. The van der Waals surface area contributed by atoms with Gasteiger partial charge in [-0.15, -0.1) is 0 Å². The lowest BCUT2D eigenvalue weighted by molar-refractivity contribution is -0.401. The van der Waals surface area contributed by atoms with E-state index >= 15 is 0 Å². The van der Waals surface area contributed by atoms with Crippen LogP contribution >= 0.6 is 0 Å². The Morgan fingerprint density at radius 3 is 2.18 bits per heavy atom. The first-order valence-electron chi connectivity index (χ1n) is 9.89. The molecule has 2 heterocycles. The highest BCUT2D eigenvalue weighted by Gasteiger charge is 2.42. The van der Waals surface area contributed by atoms with Gasteiger partial charge in [-0.3, -0.25) is 0 Å². The van der Waals surface area contributed by atoms with Crippen molar-refractivity contribution in [2.75, 3.05) is 45.2 Å². The van der Waals surface area contributed by atoms with Crippen molar-refractivity contribution in [3.63, 3.8) is 0 Å². The Bertz CT molecular complexity index is 888. The molecule has 0 aliphatic carbocycles. The lowest BCUT2D eigenvalue weighted by atomic mass is 9.81. The van der Waals surface area contributed by atoms with Crippen LogP contribution in [0.4, 0.5) is 11.4 Å². The van der Waals surface area contributed by atoms with Crippen molar-refractivity contribution in [2.45, 2.75) is 19.3 Å².